The average Bonchev–Trinajstić information content (AvgIpc) is 3.01. The summed E-state index contributed by atoms with van der Waals surface area (Å²) in [5.41, 5.74) is 3.66. The molecule has 0 spiro atoms. The fraction of sp³-hybridized carbons (Fsp3) is 0.136. The molecule has 1 N–H and O–H groups in total. The van der Waals surface area contributed by atoms with E-state index in [2.05, 4.69) is 35.0 Å². The Morgan fingerprint density at radius 3 is 2.37 bits per heavy atom. The summed E-state index contributed by atoms with van der Waals surface area (Å²) in [5.74, 6) is -0.179. The Bertz CT molecular complexity index is 1180. The Morgan fingerprint density at radius 1 is 0.963 bits per heavy atom. The summed E-state index contributed by atoms with van der Waals surface area (Å²) in [6.45, 7) is 3.02. The third-order valence-electron chi connectivity index (χ3n) is 4.79. The van der Waals surface area contributed by atoms with Gasteiger partial charge in [0.15, 0.2) is 0 Å². The van der Waals surface area contributed by atoms with Crippen LogP contribution in [0.2, 0.25) is 0 Å². The molecule has 4 nitrogen and oxygen atoms in total. The minimum Gasteiger partial charge on any atom is -0.341 e. The predicted molar refractivity (Wildman–Crippen MR) is 112 cm³/mol. The zero-order valence-corrected chi connectivity index (χ0v) is 16.0. The van der Waals surface area contributed by atoms with Crippen LogP contribution < -0.4 is 5.32 Å². The highest BCUT2D eigenvalue weighted by Gasteiger charge is 2.12. The Balaban J connectivity index is 1.69. The molecule has 1 atom stereocenters. The van der Waals surface area contributed by atoms with E-state index in [1.165, 1.54) is 10.9 Å². The number of aromatic nitrogens is 1. The van der Waals surface area contributed by atoms with Gasteiger partial charge in [-0.3, -0.25) is 9.00 Å². The molecule has 0 bridgehead atoms. The summed E-state index contributed by atoms with van der Waals surface area (Å²) < 4.78 is 13.8. The molecule has 0 saturated carbocycles. The topological polar surface area (TPSA) is 51.1 Å². The van der Waals surface area contributed by atoms with Gasteiger partial charge in [0.05, 0.1) is 0 Å². The van der Waals surface area contributed by atoms with Crippen LogP contribution >= 0.6 is 0 Å². The molecule has 0 aliphatic rings. The smallest absolute Gasteiger partial charge is 0.255 e. The zero-order valence-electron chi connectivity index (χ0n) is 15.2. The van der Waals surface area contributed by atoms with Gasteiger partial charge in [0.1, 0.15) is 0 Å². The summed E-state index contributed by atoms with van der Waals surface area (Å²) in [6.07, 6.45) is 1.62. The fourth-order valence-electron chi connectivity index (χ4n) is 3.47. The first-order chi connectivity index (χ1) is 13.1. The minimum absolute atomic E-state index is 0.179. The molecule has 0 saturated heterocycles. The maximum absolute atomic E-state index is 12.6. The van der Waals surface area contributed by atoms with Crippen LogP contribution in [0.15, 0.2) is 71.6 Å². The highest BCUT2D eigenvalue weighted by molar-refractivity contribution is 7.84. The maximum Gasteiger partial charge on any atom is 0.255 e. The number of hydrogen-bond acceptors (Lipinski definition) is 2. The number of para-hydroxylation sites is 1. The van der Waals surface area contributed by atoms with E-state index in [-0.39, 0.29) is 5.91 Å². The van der Waals surface area contributed by atoms with Crippen LogP contribution in [-0.4, -0.2) is 20.9 Å². The van der Waals surface area contributed by atoms with Crippen LogP contribution in [0.4, 0.5) is 5.69 Å². The molecule has 4 aromatic rings. The molecule has 1 heterocycles. The average molecular weight is 376 g/mol. The third kappa shape index (κ3) is 3.15. The van der Waals surface area contributed by atoms with Crippen molar-refractivity contribution in [1.29, 1.82) is 0 Å². The monoisotopic (exact) mass is 376 g/mol. The zero-order chi connectivity index (χ0) is 19.0. The molecular formula is C22H20N2O2S. The summed E-state index contributed by atoms with van der Waals surface area (Å²) in [7, 11) is -1.05. The lowest BCUT2D eigenvalue weighted by Crippen LogP contribution is -2.11. The van der Waals surface area contributed by atoms with Crippen LogP contribution in [0, 0.1) is 0 Å². The minimum atomic E-state index is -1.05. The number of amides is 1. The second kappa shape index (κ2) is 7.00. The predicted octanol–water partition coefficient (Wildman–Crippen LogP) is 4.80. The number of carbonyl (C=O) groups excluding carboxylic acids is 1. The van der Waals surface area contributed by atoms with Crippen LogP contribution in [0.25, 0.3) is 21.8 Å². The first-order valence-corrected chi connectivity index (χ1v) is 10.4. The molecule has 3 aromatic carbocycles. The van der Waals surface area contributed by atoms with Gasteiger partial charge in [-0.05, 0) is 55.5 Å². The van der Waals surface area contributed by atoms with Gasteiger partial charge >= 0.3 is 0 Å². The van der Waals surface area contributed by atoms with Crippen LogP contribution in [0.1, 0.15) is 17.3 Å². The molecule has 1 amide bonds. The molecular weight excluding hydrogens is 356 g/mol. The first-order valence-electron chi connectivity index (χ1n) is 8.84. The van der Waals surface area contributed by atoms with E-state index >= 15 is 0 Å². The van der Waals surface area contributed by atoms with Gasteiger partial charge in [0.25, 0.3) is 5.91 Å². The number of benzene rings is 3. The van der Waals surface area contributed by atoms with Gasteiger partial charge in [-0.25, -0.2) is 0 Å². The van der Waals surface area contributed by atoms with Gasteiger partial charge in [-0.1, -0.05) is 18.2 Å². The largest absolute Gasteiger partial charge is 0.341 e. The number of nitrogens with zero attached hydrogens (tertiary/aromatic N) is 1. The number of anilines is 1. The van der Waals surface area contributed by atoms with Gasteiger partial charge in [0.2, 0.25) is 0 Å². The molecule has 136 valence electrons. The molecule has 5 heteroatoms. The summed E-state index contributed by atoms with van der Waals surface area (Å²) in [4.78, 5) is 13.3. The lowest BCUT2D eigenvalue weighted by atomic mass is 10.1. The molecule has 0 radical (unpaired) electrons. The number of fused-ring (bicyclic) bond motifs is 3. The Morgan fingerprint density at radius 2 is 1.67 bits per heavy atom. The molecule has 27 heavy (non-hydrogen) atoms. The van der Waals surface area contributed by atoms with Crippen molar-refractivity contribution in [3.8, 4) is 0 Å². The number of aryl methyl sites for hydroxylation is 1. The van der Waals surface area contributed by atoms with Crippen molar-refractivity contribution >= 4 is 44.2 Å². The molecule has 0 aliphatic heterocycles. The molecule has 0 aliphatic carbocycles. The number of carbonyl (C=O) groups is 1. The van der Waals surface area contributed by atoms with Gasteiger partial charge in [-0.2, -0.15) is 0 Å². The molecule has 4 rings (SSSR count). The molecule has 0 unspecified atom stereocenters. The van der Waals surface area contributed by atoms with Crippen molar-refractivity contribution in [2.45, 2.75) is 18.4 Å². The highest BCUT2D eigenvalue weighted by atomic mass is 32.2. The number of nitrogens with one attached hydrogen (secondary N) is 1. The maximum atomic E-state index is 12.6. The second-order valence-corrected chi connectivity index (χ2v) is 7.81. The second-order valence-electron chi connectivity index (χ2n) is 6.43. The van der Waals surface area contributed by atoms with Gasteiger partial charge in [0, 0.05) is 61.6 Å². The van der Waals surface area contributed by atoms with Crippen molar-refractivity contribution in [1.82, 2.24) is 4.57 Å². The van der Waals surface area contributed by atoms with E-state index in [4.69, 9.17) is 0 Å². The van der Waals surface area contributed by atoms with E-state index in [0.29, 0.717) is 10.5 Å². The van der Waals surface area contributed by atoms with E-state index in [9.17, 15) is 9.00 Å². The van der Waals surface area contributed by atoms with E-state index < -0.39 is 10.8 Å². The SMILES string of the molecule is CCn1c2ccccc2c2cc(NC(=O)c3ccc([S@@](C)=O)cc3)ccc21. The Kier molecular flexibility index (Phi) is 4.54. The molecule has 0 fully saturated rings. The normalized spacial score (nSPS) is 12.4. The van der Waals surface area contributed by atoms with Crippen LogP contribution in [0.5, 0.6) is 0 Å². The fourth-order valence-corrected chi connectivity index (χ4v) is 3.99. The highest BCUT2D eigenvalue weighted by Crippen LogP contribution is 2.31. The summed E-state index contributed by atoms with van der Waals surface area (Å²) in [5, 5.41) is 5.27. The Labute approximate surface area is 160 Å². The van der Waals surface area contributed by atoms with Crippen molar-refractivity contribution in [2.24, 2.45) is 0 Å². The third-order valence-corrected chi connectivity index (χ3v) is 5.73. The standard InChI is InChI=1S/C22H20N2O2S/c1-3-24-20-7-5-4-6-18(20)19-14-16(10-13-21(19)24)23-22(25)15-8-11-17(12-9-15)27(2)26/h4-14H,3H2,1-2H3,(H,23,25)/t27-/m1/s1. The lowest BCUT2D eigenvalue weighted by Gasteiger charge is -2.07. The lowest BCUT2D eigenvalue weighted by molar-refractivity contribution is 0.102. The summed E-state index contributed by atoms with van der Waals surface area (Å²) in [6, 6.07) is 21.2. The van der Waals surface area contributed by atoms with E-state index in [1.54, 1.807) is 30.5 Å². The molecule has 1 aromatic heterocycles. The van der Waals surface area contributed by atoms with Gasteiger partial charge in [-0.15, -0.1) is 0 Å². The number of hydrogen-bond donors (Lipinski definition) is 1. The summed E-state index contributed by atoms with van der Waals surface area (Å²) >= 11 is 0. The van der Waals surface area contributed by atoms with Crippen molar-refractivity contribution in [3.63, 3.8) is 0 Å². The van der Waals surface area contributed by atoms with E-state index in [0.717, 1.165) is 23.1 Å². The van der Waals surface area contributed by atoms with Crippen molar-refractivity contribution < 1.29 is 9.00 Å². The van der Waals surface area contributed by atoms with E-state index in [1.807, 2.05) is 24.3 Å². The van der Waals surface area contributed by atoms with Crippen molar-refractivity contribution in [3.05, 3.63) is 72.3 Å². The van der Waals surface area contributed by atoms with Crippen molar-refractivity contribution in [2.75, 3.05) is 11.6 Å². The Hall–Kier alpha value is -2.92. The number of rotatable bonds is 4. The first kappa shape index (κ1) is 17.5. The van der Waals surface area contributed by atoms with Crippen LogP contribution in [0.3, 0.4) is 0 Å². The van der Waals surface area contributed by atoms with Gasteiger partial charge < -0.3 is 9.88 Å². The van der Waals surface area contributed by atoms with Crippen LogP contribution in [-0.2, 0) is 17.3 Å². The quantitative estimate of drug-likeness (QED) is 0.556.